The van der Waals surface area contributed by atoms with Crippen molar-refractivity contribution in [2.45, 2.75) is 34.6 Å². The Kier molecular flexibility index (Phi) is 8.10. The summed E-state index contributed by atoms with van der Waals surface area (Å²) in [5, 5.41) is 6.27. The summed E-state index contributed by atoms with van der Waals surface area (Å²) in [6.07, 6.45) is 4.91. The number of aliphatic imine (C=N–C) groups is 1. The Bertz CT molecular complexity index is 1430. The molecule has 4 rings (SSSR count). The number of hydrogen-bond acceptors (Lipinski definition) is 10. The number of aryl methyl sites for hydroxylation is 1. The highest BCUT2D eigenvalue weighted by atomic mass is 16.1. The first kappa shape index (κ1) is 27.9. The fourth-order valence-electron chi connectivity index (χ4n) is 4.05. The number of likely N-dealkylation sites (N-methyl/N-ethyl adjacent to an activating group) is 1. The zero-order valence-corrected chi connectivity index (χ0v) is 23.8. The minimum absolute atomic E-state index is 0.244. The van der Waals surface area contributed by atoms with E-state index in [4.69, 9.17) is 10.7 Å². The van der Waals surface area contributed by atoms with Gasteiger partial charge in [-0.05, 0) is 50.2 Å². The number of carbonyl (C=O) groups is 1. The van der Waals surface area contributed by atoms with E-state index in [-0.39, 0.29) is 11.3 Å². The Hall–Kier alpha value is -4.12. The van der Waals surface area contributed by atoms with Gasteiger partial charge in [-0.25, -0.2) is 19.9 Å². The molecule has 1 fully saturated rings. The van der Waals surface area contributed by atoms with Gasteiger partial charge in [0.2, 0.25) is 5.95 Å². The minimum atomic E-state index is -0.285. The third kappa shape index (κ3) is 6.48. The number of hydrogen-bond donors (Lipinski definition) is 3. The molecule has 39 heavy (non-hydrogen) atoms. The quantitative estimate of drug-likeness (QED) is 0.335. The first-order valence-corrected chi connectivity index (χ1v) is 13.0. The van der Waals surface area contributed by atoms with Gasteiger partial charge in [0, 0.05) is 55.6 Å². The Balaban J connectivity index is 1.63. The van der Waals surface area contributed by atoms with Crippen LogP contribution in [0.25, 0.3) is 11.0 Å². The third-order valence-electron chi connectivity index (χ3n) is 6.97. The predicted octanol–water partition coefficient (Wildman–Crippen LogP) is 3.18. The molecule has 0 radical (unpaired) electrons. The maximum absolute atomic E-state index is 13.2. The van der Waals surface area contributed by atoms with Crippen LogP contribution in [0.15, 0.2) is 41.4 Å². The fraction of sp³-hybridized carbons (Fsp3) is 0.429. The maximum Gasteiger partial charge on any atom is 0.256 e. The van der Waals surface area contributed by atoms with Crippen LogP contribution >= 0.6 is 0 Å². The van der Waals surface area contributed by atoms with Gasteiger partial charge in [-0.15, -0.1) is 0 Å². The Morgan fingerprint density at radius 2 is 1.82 bits per heavy atom. The summed E-state index contributed by atoms with van der Waals surface area (Å²) in [6, 6.07) is 3.66. The molecule has 4 N–H and O–H groups in total. The highest BCUT2D eigenvalue weighted by molar-refractivity contribution is 6.11. The van der Waals surface area contributed by atoms with Crippen molar-refractivity contribution in [3.8, 4) is 0 Å². The lowest BCUT2D eigenvalue weighted by atomic mass is 9.92. The van der Waals surface area contributed by atoms with Gasteiger partial charge in [0.15, 0.2) is 5.82 Å². The first-order chi connectivity index (χ1) is 18.5. The number of amidine groups is 1. The van der Waals surface area contributed by atoms with Gasteiger partial charge in [-0.1, -0.05) is 20.8 Å². The number of aromatic nitrogens is 4. The van der Waals surface area contributed by atoms with Crippen molar-refractivity contribution in [3.63, 3.8) is 0 Å². The first-order valence-electron chi connectivity index (χ1n) is 13.0. The molecule has 0 unspecified atom stereocenters. The number of amides is 1. The van der Waals surface area contributed by atoms with Crippen molar-refractivity contribution >= 4 is 40.2 Å². The zero-order chi connectivity index (χ0) is 28.3. The molecule has 1 aliphatic heterocycles. The molecule has 11 heteroatoms. The number of fused-ring (bicyclic) bond motifs is 1. The van der Waals surface area contributed by atoms with Crippen molar-refractivity contribution in [1.82, 2.24) is 30.2 Å². The van der Waals surface area contributed by atoms with Crippen LogP contribution in [0.3, 0.4) is 0 Å². The number of benzene rings is 1. The highest BCUT2D eigenvalue weighted by Gasteiger charge is 2.20. The monoisotopic (exact) mass is 530 g/mol. The van der Waals surface area contributed by atoms with E-state index in [1.807, 2.05) is 40.7 Å². The van der Waals surface area contributed by atoms with Crippen LogP contribution in [0, 0.1) is 19.3 Å². The van der Waals surface area contributed by atoms with Crippen LogP contribution in [-0.2, 0) is 0 Å². The average molecular weight is 531 g/mol. The lowest BCUT2D eigenvalue weighted by Gasteiger charge is -2.32. The van der Waals surface area contributed by atoms with E-state index in [1.165, 1.54) is 6.33 Å². The molecule has 0 spiro atoms. The van der Waals surface area contributed by atoms with Gasteiger partial charge in [0.1, 0.15) is 23.2 Å². The molecule has 11 nitrogen and oxygen atoms in total. The van der Waals surface area contributed by atoms with E-state index in [1.54, 1.807) is 25.4 Å². The van der Waals surface area contributed by atoms with Crippen LogP contribution in [0.4, 0.5) is 17.5 Å². The van der Waals surface area contributed by atoms with Gasteiger partial charge in [0.05, 0.1) is 6.20 Å². The van der Waals surface area contributed by atoms with Gasteiger partial charge < -0.3 is 26.2 Å². The number of nitrogens with one attached hydrogen (secondary N) is 2. The largest absolute Gasteiger partial charge is 0.401 e. The second kappa shape index (κ2) is 11.3. The number of anilines is 3. The predicted molar refractivity (Wildman–Crippen MR) is 157 cm³/mol. The molecule has 206 valence electrons. The SMILES string of the molecule is CN=C(C=C(N)C(C)(C)C)NC(=O)c1cc(C)c(C)c(Nc2ncnc3cnc(N4CCN(C)CC4)nc23)c1. The van der Waals surface area contributed by atoms with Crippen molar-refractivity contribution in [2.75, 3.05) is 50.5 Å². The second-order valence-corrected chi connectivity index (χ2v) is 10.9. The van der Waals surface area contributed by atoms with Gasteiger partial charge in [-0.3, -0.25) is 9.79 Å². The summed E-state index contributed by atoms with van der Waals surface area (Å²) in [5.41, 5.74) is 11.0. The molecule has 0 aliphatic carbocycles. The van der Waals surface area contributed by atoms with Gasteiger partial charge >= 0.3 is 0 Å². The fourth-order valence-corrected chi connectivity index (χ4v) is 4.05. The molecule has 1 aromatic carbocycles. The summed E-state index contributed by atoms with van der Waals surface area (Å²) in [7, 11) is 3.73. The van der Waals surface area contributed by atoms with E-state index < -0.39 is 0 Å². The van der Waals surface area contributed by atoms with E-state index in [9.17, 15) is 4.79 Å². The molecule has 1 saturated heterocycles. The average Bonchev–Trinajstić information content (AvgIpc) is 2.90. The molecule has 1 aliphatic rings. The summed E-state index contributed by atoms with van der Waals surface area (Å²) >= 11 is 0. The van der Waals surface area contributed by atoms with Crippen LogP contribution < -0.4 is 21.3 Å². The molecule has 1 amide bonds. The van der Waals surface area contributed by atoms with Gasteiger partial charge in [-0.2, -0.15) is 0 Å². The van der Waals surface area contributed by atoms with E-state index in [0.29, 0.717) is 39.9 Å². The zero-order valence-electron chi connectivity index (χ0n) is 23.8. The second-order valence-electron chi connectivity index (χ2n) is 10.9. The number of rotatable bonds is 5. The molecule has 2 aromatic heterocycles. The van der Waals surface area contributed by atoms with E-state index in [0.717, 1.165) is 43.0 Å². The Morgan fingerprint density at radius 1 is 1.10 bits per heavy atom. The Morgan fingerprint density at radius 3 is 2.49 bits per heavy atom. The molecular weight excluding hydrogens is 492 g/mol. The number of nitrogens with zero attached hydrogens (tertiary/aromatic N) is 7. The molecule has 0 bridgehead atoms. The minimum Gasteiger partial charge on any atom is -0.401 e. The molecule has 0 atom stereocenters. The number of allylic oxidation sites excluding steroid dienone is 1. The van der Waals surface area contributed by atoms with Crippen LogP contribution in [0.2, 0.25) is 0 Å². The molecule has 0 saturated carbocycles. The normalized spacial score (nSPS) is 15.5. The summed E-state index contributed by atoms with van der Waals surface area (Å²) < 4.78 is 0. The topological polar surface area (TPSA) is 138 Å². The third-order valence-corrected chi connectivity index (χ3v) is 6.97. The van der Waals surface area contributed by atoms with Crippen LogP contribution in [-0.4, -0.2) is 76.9 Å². The number of nitrogens with two attached hydrogens (primary N) is 1. The van der Waals surface area contributed by atoms with E-state index >= 15 is 0 Å². The van der Waals surface area contributed by atoms with Crippen molar-refractivity contribution in [1.29, 1.82) is 0 Å². The lowest BCUT2D eigenvalue weighted by Crippen LogP contribution is -2.45. The molecular formula is C28H38N10O. The standard InChI is InChI=1S/C28H38N10O/c1-17-12-19(26(39)35-23(30-6)14-22(29)28(3,4)5)13-20(18(17)2)34-25-24-21(32-16-33-25)15-31-27(36-24)38-10-8-37(7)9-11-38/h12-16H,8-11,29H2,1-7H3,(H,30,35,39)(H,32,33,34). The molecule has 3 aromatic rings. The summed E-state index contributed by atoms with van der Waals surface area (Å²) in [4.78, 5) is 40.1. The maximum atomic E-state index is 13.2. The number of carbonyl (C=O) groups excluding carboxylic acids is 1. The lowest BCUT2D eigenvalue weighted by molar-refractivity contribution is 0.0977. The van der Waals surface area contributed by atoms with Crippen molar-refractivity contribution < 1.29 is 4.79 Å². The van der Waals surface area contributed by atoms with Crippen LogP contribution in [0.1, 0.15) is 42.3 Å². The molecule has 3 heterocycles. The Labute approximate surface area is 229 Å². The number of piperazine rings is 1. The van der Waals surface area contributed by atoms with E-state index in [2.05, 4.69) is 47.4 Å². The summed E-state index contributed by atoms with van der Waals surface area (Å²) in [6.45, 7) is 13.6. The van der Waals surface area contributed by atoms with Crippen LogP contribution in [0.5, 0.6) is 0 Å². The smallest absolute Gasteiger partial charge is 0.256 e. The highest BCUT2D eigenvalue weighted by Crippen LogP contribution is 2.28. The van der Waals surface area contributed by atoms with Crippen molar-refractivity contribution in [2.24, 2.45) is 16.1 Å². The van der Waals surface area contributed by atoms with Crippen molar-refractivity contribution in [3.05, 3.63) is 53.1 Å². The summed E-state index contributed by atoms with van der Waals surface area (Å²) in [5.74, 6) is 1.32. The van der Waals surface area contributed by atoms with Gasteiger partial charge in [0.25, 0.3) is 5.91 Å².